The molecular weight excluding hydrogens is 370 g/mol. The molecule has 7 heteroatoms. The van der Waals surface area contributed by atoms with Gasteiger partial charge in [-0.25, -0.2) is 0 Å². The Morgan fingerprint density at radius 1 is 1.21 bits per heavy atom. The van der Waals surface area contributed by atoms with Gasteiger partial charge in [-0.05, 0) is 37.8 Å². The van der Waals surface area contributed by atoms with E-state index in [2.05, 4.69) is 40.7 Å². The minimum absolute atomic E-state index is 0.290. The Kier molecular flexibility index (Phi) is 11.5. The highest BCUT2D eigenvalue weighted by molar-refractivity contribution is 5.79. The van der Waals surface area contributed by atoms with Crippen LogP contribution in [-0.2, 0) is 20.8 Å². The van der Waals surface area contributed by atoms with Crippen molar-refractivity contribution >= 4 is 5.96 Å². The molecular formula is C22H37N3O4. The third-order valence-corrected chi connectivity index (χ3v) is 4.73. The summed E-state index contributed by atoms with van der Waals surface area (Å²) >= 11 is 0. The number of aliphatic imine (C=N–C) groups is 1. The van der Waals surface area contributed by atoms with Crippen LogP contribution in [0, 0.1) is 6.92 Å². The first-order chi connectivity index (χ1) is 14.2. The summed E-state index contributed by atoms with van der Waals surface area (Å²) < 4.78 is 22.3. The molecule has 2 N–H and O–H groups in total. The second-order valence-electron chi connectivity index (χ2n) is 7.22. The summed E-state index contributed by atoms with van der Waals surface area (Å²) in [6, 6.07) is 6.27. The van der Waals surface area contributed by atoms with E-state index in [1.54, 1.807) is 14.2 Å². The van der Waals surface area contributed by atoms with Crippen molar-refractivity contribution in [2.24, 2.45) is 4.99 Å². The number of methoxy groups -OCH3 is 1. The summed E-state index contributed by atoms with van der Waals surface area (Å²) in [5, 5.41) is 6.69. The van der Waals surface area contributed by atoms with Crippen LogP contribution in [0.1, 0.15) is 36.8 Å². The lowest BCUT2D eigenvalue weighted by atomic mass is 10.1. The van der Waals surface area contributed by atoms with Gasteiger partial charge in [0.1, 0.15) is 5.75 Å². The zero-order valence-corrected chi connectivity index (χ0v) is 18.2. The number of nitrogens with zero attached hydrogens (tertiary/aromatic N) is 1. The molecule has 1 saturated heterocycles. The Labute approximate surface area is 175 Å². The summed E-state index contributed by atoms with van der Waals surface area (Å²) in [6.45, 7) is 7.17. The predicted octanol–water partition coefficient (Wildman–Crippen LogP) is 2.66. The molecule has 0 bridgehead atoms. The summed E-state index contributed by atoms with van der Waals surface area (Å²) in [5.41, 5.74) is 2.29. The van der Waals surface area contributed by atoms with Gasteiger partial charge in [-0.1, -0.05) is 12.1 Å². The fourth-order valence-electron chi connectivity index (χ4n) is 3.10. The van der Waals surface area contributed by atoms with Gasteiger partial charge in [-0.3, -0.25) is 4.99 Å². The summed E-state index contributed by atoms with van der Waals surface area (Å²) in [5.74, 6) is 1.68. The lowest BCUT2D eigenvalue weighted by Gasteiger charge is -2.16. The standard InChI is InChI=1S/C22H37N3O4/c1-18-8-9-19(21(15-18)29-14-6-11-26-3)16-25-22(23-2)24-10-5-12-27-17-20-7-4-13-28-20/h8-9,15,20H,4-7,10-14,16-17H2,1-3H3,(H2,23,24,25). The van der Waals surface area contributed by atoms with Crippen LogP contribution in [0.4, 0.5) is 0 Å². The molecule has 0 aliphatic carbocycles. The summed E-state index contributed by atoms with van der Waals surface area (Å²) in [4.78, 5) is 4.29. The van der Waals surface area contributed by atoms with Crippen LogP contribution in [0.15, 0.2) is 23.2 Å². The Hall–Kier alpha value is -1.83. The lowest BCUT2D eigenvalue weighted by Crippen LogP contribution is -2.37. The molecule has 1 aliphatic rings. The number of guanidine groups is 1. The van der Waals surface area contributed by atoms with Crippen LogP contribution >= 0.6 is 0 Å². The van der Waals surface area contributed by atoms with Crippen LogP contribution in [0.25, 0.3) is 0 Å². The van der Waals surface area contributed by atoms with Crippen molar-refractivity contribution < 1.29 is 18.9 Å². The number of aryl methyl sites for hydroxylation is 1. The second kappa shape index (κ2) is 14.2. The van der Waals surface area contributed by atoms with Crippen LogP contribution in [0.5, 0.6) is 5.75 Å². The van der Waals surface area contributed by atoms with Gasteiger partial charge in [0.15, 0.2) is 5.96 Å². The van der Waals surface area contributed by atoms with Crippen molar-refractivity contribution in [3.63, 3.8) is 0 Å². The van der Waals surface area contributed by atoms with E-state index in [0.29, 0.717) is 26.4 Å². The fraction of sp³-hybridized carbons (Fsp3) is 0.682. The normalized spacial score (nSPS) is 16.8. The maximum Gasteiger partial charge on any atom is 0.191 e. The van der Waals surface area contributed by atoms with E-state index in [1.165, 1.54) is 5.56 Å². The van der Waals surface area contributed by atoms with Crippen LogP contribution in [0.3, 0.4) is 0 Å². The molecule has 0 amide bonds. The number of ether oxygens (including phenoxy) is 4. The van der Waals surface area contributed by atoms with Gasteiger partial charge in [0.25, 0.3) is 0 Å². The lowest BCUT2D eigenvalue weighted by molar-refractivity contribution is 0.0168. The Morgan fingerprint density at radius 3 is 2.86 bits per heavy atom. The highest BCUT2D eigenvalue weighted by Crippen LogP contribution is 2.20. The maximum absolute atomic E-state index is 5.95. The molecule has 1 atom stereocenters. The molecule has 164 valence electrons. The number of benzene rings is 1. The van der Waals surface area contributed by atoms with Crippen molar-refractivity contribution in [3.05, 3.63) is 29.3 Å². The minimum Gasteiger partial charge on any atom is -0.493 e. The summed E-state index contributed by atoms with van der Waals surface area (Å²) in [6.07, 6.45) is 4.35. The summed E-state index contributed by atoms with van der Waals surface area (Å²) in [7, 11) is 3.48. The van der Waals surface area contributed by atoms with E-state index < -0.39 is 0 Å². The molecule has 29 heavy (non-hydrogen) atoms. The molecule has 0 radical (unpaired) electrons. The Bertz CT molecular complexity index is 604. The van der Waals surface area contributed by atoms with Gasteiger partial charge in [-0.15, -0.1) is 0 Å². The van der Waals surface area contributed by atoms with E-state index in [-0.39, 0.29) is 6.10 Å². The monoisotopic (exact) mass is 407 g/mol. The van der Waals surface area contributed by atoms with Crippen molar-refractivity contribution in [1.82, 2.24) is 10.6 Å². The van der Waals surface area contributed by atoms with Crippen molar-refractivity contribution in [2.75, 3.05) is 53.7 Å². The second-order valence-corrected chi connectivity index (χ2v) is 7.22. The molecule has 7 nitrogen and oxygen atoms in total. The van der Waals surface area contributed by atoms with Crippen LogP contribution in [-0.4, -0.2) is 65.8 Å². The molecule has 1 unspecified atom stereocenters. The topological polar surface area (TPSA) is 73.3 Å². The van der Waals surface area contributed by atoms with Crippen LogP contribution in [0.2, 0.25) is 0 Å². The van der Waals surface area contributed by atoms with Gasteiger partial charge in [0, 0.05) is 59.1 Å². The molecule has 1 fully saturated rings. The fourth-order valence-corrected chi connectivity index (χ4v) is 3.10. The van der Waals surface area contributed by atoms with Crippen LogP contribution < -0.4 is 15.4 Å². The quantitative estimate of drug-likeness (QED) is 0.298. The third kappa shape index (κ3) is 9.47. The van der Waals surface area contributed by atoms with E-state index in [1.807, 2.05) is 0 Å². The zero-order chi connectivity index (χ0) is 20.7. The van der Waals surface area contributed by atoms with E-state index in [4.69, 9.17) is 18.9 Å². The highest BCUT2D eigenvalue weighted by Gasteiger charge is 2.14. The SMILES string of the molecule is CN=C(NCCCOCC1CCCO1)NCc1ccc(C)cc1OCCCOC. The average Bonchev–Trinajstić information content (AvgIpc) is 3.24. The number of nitrogens with one attached hydrogen (secondary N) is 2. The minimum atomic E-state index is 0.290. The first-order valence-corrected chi connectivity index (χ1v) is 10.6. The number of hydrogen-bond donors (Lipinski definition) is 2. The smallest absolute Gasteiger partial charge is 0.191 e. The Morgan fingerprint density at radius 2 is 2.10 bits per heavy atom. The molecule has 1 aromatic carbocycles. The van der Waals surface area contributed by atoms with Gasteiger partial charge < -0.3 is 29.6 Å². The Balaban J connectivity index is 1.67. The third-order valence-electron chi connectivity index (χ3n) is 4.73. The number of rotatable bonds is 13. The predicted molar refractivity (Wildman–Crippen MR) is 116 cm³/mol. The first-order valence-electron chi connectivity index (χ1n) is 10.6. The number of hydrogen-bond acceptors (Lipinski definition) is 5. The van der Waals surface area contributed by atoms with Gasteiger partial charge in [0.2, 0.25) is 0 Å². The van der Waals surface area contributed by atoms with E-state index >= 15 is 0 Å². The van der Waals surface area contributed by atoms with Gasteiger partial charge in [-0.2, -0.15) is 0 Å². The molecule has 1 aliphatic heterocycles. The first kappa shape index (κ1) is 23.4. The molecule has 0 spiro atoms. The van der Waals surface area contributed by atoms with Gasteiger partial charge >= 0.3 is 0 Å². The maximum atomic E-state index is 5.95. The molecule has 0 aromatic heterocycles. The molecule has 2 rings (SSSR count). The van der Waals surface area contributed by atoms with E-state index in [0.717, 1.165) is 62.7 Å². The molecule has 1 heterocycles. The van der Waals surface area contributed by atoms with E-state index in [9.17, 15) is 0 Å². The largest absolute Gasteiger partial charge is 0.493 e. The molecule has 1 aromatic rings. The highest BCUT2D eigenvalue weighted by atomic mass is 16.5. The van der Waals surface area contributed by atoms with Crippen molar-refractivity contribution in [3.8, 4) is 5.75 Å². The van der Waals surface area contributed by atoms with Crippen molar-refractivity contribution in [1.29, 1.82) is 0 Å². The van der Waals surface area contributed by atoms with Crippen molar-refractivity contribution in [2.45, 2.75) is 45.3 Å². The average molecular weight is 408 g/mol. The molecule has 0 saturated carbocycles. The zero-order valence-electron chi connectivity index (χ0n) is 18.2. The van der Waals surface area contributed by atoms with Gasteiger partial charge in [0.05, 0.1) is 19.3 Å².